The predicted octanol–water partition coefficient (Wildman–Crippen LogP) is 3.67. The Balaban J connectivity index is 1.57. The quantitative estimate of drug-likeness (QED) is 0.776. The summed E-state index contributed by atoms with van der Waals surface area (Å²) in [6.45, 7) is 0.726. The van der Waals surface area contributed by atoms with E-state index in [1.54, 1.807) is 18.2 Å². The molecule has 0 fully saturated rings. The fourth-order valence-electron chi connectivity index (χ4n) is 3.37. The van der Waals surface area contributed by atoms with Crippen LogP contribution < -0.4 is 10.2 Å². The van der Waals surface area contributed by atoms with Crippen LogP contribution in [-0.2, 0) is 11.3 Å². The smallest absolute Gasteiger partial charge is 0.238 e. The summed E-state index contributed by atoms with van der Waals surface area (Å²) in [6.07, 6.45) is 1.81. The molecular formula is C22H18N4O. The van der Waals surface area contributed by atoms with Crippen molar-refractivity contribution in [1.82, 2.24) is 4.98 Å². The molecule has 1 aliphatic heterocycles. The van der Waals surface area contributed by atoms with Gasteiger partial charge in [0.25, 0.3) is 0 Å². The number of para-hydroxylation sites is 1. The highest BCUT2D eigenvalue weighted by atomic mass is 16.2. The Labute approximate surface area is 157 Å². The van der Waals surface area contributed by atoms with Gasteiger partial charge >= 0.3 is 0 Å². The van der Waals surface area contributed by atoms with Crippen LogP contribution in [0.25, 0.3) is 0 Å². The minimum Gasteiger partial charge on any atom is -0.370 e. The van der Waals surface area contributed by atoms with Crippen LogP contribution in [0.15, 0.2) is 66.9 Å². The number of rotatable bonds is 4. The van der Waals surface area contributed by atoms with Gasteiger partial charge in [-0.2, -0.15) is 5.26 Å². The summed E-state index contributed by atoms with van der Waals surface area (Å²) >= 11 is 0. The lowest BCUT2D eigenvalue weighted by atomic mass is 9.95. The molecule has 1 aromatic heterocycles. The van der Waals surface area contributed by atoms with Crippen LogP contribution >= 0.6 is 0 Å². The van der Waals surface area contributed by atoms with Crippen molar-refractivity contribution in [1.29, 1.82) is 5.26 Å². The second-order valence-electron chi connectivity index (χ2n) is 6.62. The maximum Gasteiger partial charge on any atom is 0.238 e. The van der Waals surface area contributed by atoms with Gasteiger partial charge in [0.15, 0.2) is 0 Å². The molecule has 2 aromatic carbocycles. The number of fused-ring (bicyclic) bond motifs is 1. The third-order valence-electron chi connectivity index (χ3n) is 4.77. The van der Waals surface area contributed by atoms with Crippen LogP contribution in [0.1, 0.15) is 28.3 Å². The number of carbonyl (C=O) groups is 1. The molecular weight excluding hydrogens is 336 g/mol. The van der Waals surface area contributed by atoms with E-state index in [4.69, 9.17) is 5.26 Å². The highest BCUT2D eigenvalue weighted by Gasteiger charge is 2.33. The van der Waals surface area contributed by atoms with Gasteiger partial charge in [0.1, 0.15) is 5.92 Å². The summed E-state index contributed by atoms with van der Waals surface area (Å²) in [7, 11) is 2.04. The molecule has 1 amide bonds. The van der Waals surface area contributed by atoms with Crippen molar-refractivity contribution in [2.24, 2.45) is 0 Å². The van der Waals surface area contributed by atoms with E-state index in [1.807, 2.05) is 43.6 Å². The van der Waals surface area contributed by atoms with E-state index in [1.165, 1.54) is 0 Å². The molecule has 1 aliphatic rings. The van der Waals surface area contributed by atoms with Crippen LogP contribution in [0.3, 0.4) is 0 Å². The molecule has 0 spiro atoms. The summed E-state index contributed by atoms with van der Waals surface area (Å²) in [5.74, 6) is -0.587. The van der Waals surface area contributed by atoms with Gasteiger partial charge in [0, 0.05) is 31.2 Å². The molecule has 2 heterocycles. The summed E-state index contributed by atoms with van der Waals surface area (Å²) in [5.41, 5.74) is 4.98. The van der Waals surface area contributed by atoms with E-state index in [2.05, 4.69) is 33.4 Å². The number of anilines is 2. The van der Waals surface area contributed by atoms with Crippen molar-refractivity contribution in [3.63, 3.8) is 0 Å². The van der Waals surface area contributed by atoms with Gasteiger partial charge in [-0.15, -0.1) is 0 Å². The van der Waals surface area contributed by atoms with Gasteiger partial charge in [-0.3, -0.25) is 9.78 Å². The average Bonchev–Trinajstić information content (AvgIpc) is 3.04. The number of nitrogens with one attached hydrogen (secondary N) is 1. The molecule has 5 heteroatoms. The zero-order valence-corrected chi connectivity index (χ0v) is 14.9. The third kappa shape index (κ3) is 3.25. The number of aromatic nitrogens is 1. The molecule has 0 aliphatic carbocycles. The van der Waals surface area contributed by atoms with E-state index in [0.29, 0.717) is 11.3 Å². The Morgan fingerprint density at radius 1 is 1.15 bits per heavy atom. The lowest BCUT2D eigenvalue weighted by Gasteiger charge is -2.19. The molecule has 132 valence electrons. The molecule has 1 atom stereocenters. The maximum absolute atomic E-state index is 12.4. The number of nitriles is 1. The Morgan fingerprint density at radius 2 is 1.96 bits per heavy atom. The number of pyridine rings is 1. The van der Waals surface area contributed by atoms with Crippen molar-refractivity contribution < 1.29 is 4.79 Å². The minimum absolute atomic E-state index is 0.109. The first-order valence-electron chi connectivity index (χ1n) is 8.71. The molecule has 27 heavy (non-hydrogen) atoms. The minimum atomic E-state index is -0.478. The molecule has 5 nitrogen and oxygen atoms in total. The molecule has 0 bridgehead atoms. The van der Waals surface area contributed by atoms with Crippen molar-refractivity contribution >= 4 is 17.3 Å². The number of carbonyl (C=O) groups excluding carboxylic acids is 1. The topological polar surface area (TPSA) is 69.0 Å². The lowest BCUT2D eigenvalue weighted by Crippen LogP contribution is -2.17. The van der Waals surface area contributed by atoms with Crippen molar-refractivity contribution in [2.75, 3.05) is 17.3 Å². The van der Waals surface area contributed by atoms with E-state index in [-0.39, 0.29) is 5.91 Å². The second-order valence-corrected chi connectivity index (χ2v) is 6.62. The van der Waals surface area contributed by atoms with E-state index in [9.17, 15) is 4.79 Å². The fourth-order valence-corrected chi connectivity index (χ4v) is 3.37. The number of hydrogen-bond donors (Lipinski definition) is 1. The molecule has 0 radical (unpaired) electrons. The molecule has 1 N–H and O–H groups in total. The highest BCUT2D eigenvalue weighted by molar-refractivity contribution is 6.04. The summed E-state index contributed by atoms with van der Waals surface area (Å²) in [4.78, 5) is 19.1. The van der Waals surface area contributed by atoms with Crippen LogP contribution in [0.4, 0.5) is 11.4 Å². The molecule has 0 saturated heterocycles. The van der Waals surface area contributed by atoms with Crippen molar-refractivity contribution in [3.8, 4) is 6.07 Å². The van der Waals surface area contributed by atoms with E-state index >= 15 is 0 Å². The van der Waals surface area contributed by atoms with Crippen LogP contribution in [0, 0.1) is 11.3 Å². The third-order valence-corrected chi connectivity index (χ3v) is 4.77. The van der Waals surface area contributed by atoms with Gasteiger partial charge < -0.3 is 10.2 Å². The van der Waals surface area contributed by atoms with Crippen molar-refractivity contribution in [3.05, 3.63) is 89.2 Å². The van der Waals surface area contributed by atoms with Crippen LogP contribution in [-0.4, -0.2) is 17.9 Å². The number of nitrogens with zero attached hydrogens (tertiary/aromatic N) is 3. The second kappa shape index (κ2) is 6.93. The first kappa shape index (κ1) is 16.8. The number of amides is 1. The zero-order valence-electron chi connectivity index (χ0n) is 14.9. The molecule has 0 saturated carbocycles. The Morgan fingerprint density at radius 3 is 2.67 bits per heavy atom. The first-order valence-corrected chi connectivity index (χ1v) is 8.71. The van der Waals surface area contributed by atoms with Crippen molar-refractivity contribution in [2.45, 2.75) is 12.5 Å². The maximum atomic E-state index is 12.4. The lowest BCUT2D eigenvalue weighted by molar-refractivity contribution is -0.116. The van der Waals surface area contributed by atoms with Crippen LogP contribution in [0.2, 0.25) is 0 Å². The number of hydrogen-bond acceptors (Lipinski definition) is 4. The molecule has 4 rings (SSSR count). The summed E-state index contributed by atoms with van der Waals surface area (Å²) < 4.78 is 0. The summed E-state index contributed by atoms with van der Waals surface area (Å²) in [5, 5.41) is 12.0. The predicted molar refractivity (Wildman–Crippen MR) is 104 cm³/mol. The van der Waals surface area contributed by atoms with Gasteiger partial charge in [0.2, 0.25) is 5.91 Å². The normalized spacial score (nSPS) is 15.0. The van der Waals surface area contributed by atoms with E-state index in [0.717, 1.165) is 29.0 Å². The summed E-state index contributed by atoms with van der Waals surface area (Å²) in [6, 6.07) is 21.4. The van der Waals surface area contributed by atoms with Gasteiger partial charge in [-0.1, -0.05) is 24.3 Å². The van der Waals surface area contributed by atoms with Gasteiger partial charge in [-0.25, -0.2) is 0 Å². The first-order chi connectivity index (χ1) is 13.2. The number of benzene rings is 2. The Hall–Kier alpha value is -3.65. The van der Waals surface area contributed by atoms with Gasteiger partial charge in [-0.05, 0) is 47.5 Å². The van der Waals surface area contributed by atoms with Crippen LogP contribution in [0.5, 0.6) is 0 Å². The fraction of sp³-hybridized carbons (Fsp3) is 0.136. The molecule has 1 unspecified atom stereocenters. The van der Waals surface area contributed by atoms with Gasteiger partial charge in [0.05, 0.1) is 17.3 Å². The SMILES string of the molecule is CN(Cc1ccc(C2C(=O)Nc3ccc(C#N)cc32)nc1)c1ccccc1. The Bertz CT molecular complexity index is 1020. The standard InChI is InChI=1S/C22H18N4O/c1-26(17-5-3-2-4-6-17)14-16-8-10-20(24-13-16)21-18-11-15(12-23)7-9-19(18)25-22(21)27/h2-11,13,21H,14H2,1H3,(H,25,27). The van der Waals surface area contributed by atoms with E-state index < -0.39 is 5.92 Å². The Kier molecular flexibility index (Phi) is 4.31. The zero-order chi connectivity index (χ0) is 18.8. The largest absolute Gasteiger partial charge is 0.370 e. The average molecular weight is 354 g/mol. The monoisotopic (exact) mass is 354 g/mol. The highest BCUT2D eigenvalue weighted by Crippen LogP contribution is 2.36. The molecule has 3 aromatic rings.